The normalized spacial score (nSPS) is 17.5. The summed E-state index contributed by atoms with van der Waals surface area (Å²) in [5.74, 6) is 0. The van der Waals surface area contributed by atoms with Gasteiger partial charge < -0.3 is 4.72 Å². The van der Waals surface area contributed by atoms with Crippen LogP contribution >= 0.6 is 0 Å². The zero-order valence-electron chi connectivity index (χ0n) is 8.89. The van der Waals surface area contributed by atoms with Gasteiger partial charge in [-0.1, -0.05) is 25.5 Å². The number of allylic oxidation sites excluding steroid dienone is 4. The lowest BCUT2D eigenvalue weighted by Gasteiger charge is -2.11. The van der Waals surface area contributed by atoms with Crippen LogP contribution in [0.15, 0.2) is 23.4 Å². The summed E-state index contributed by atoms with van der Waals surface area (Å²) >= 11 is 0. The molecule has 0 heterocycles. The highest BCUT2D eigenvalue weighted by molar-refractivity contribution is 7.82. The van der Waals surface area contributed by atoms with Crippen molar-refractivity contribution in [3.05, 3.63) is 23.4 Å². The summed E-state index contributed by atoms with van der Waals surface area (Å²) in [5.41, 5.74) is 2.47. The van der Waals surface area contributed by atoms with Crippen LogP contribution in [0, 0.1) is 0 Å². The fraction of sp³-hybridized carbons (Fsp3) is 0.600. The first-order valence-electron chi connectivity index (χ1n) is 4.65. The molecule has 0 aliphatic heterocycles. The van der Waals surface area contributed by atoms with E-state index in [2.05, 4.69) is 17.7 Å². The van der Waals surface area contributed by atoms with Gasteiger partial charge in [-0.25, -0.2) is 4.21 Å². The van der Waals surface area contributed by atoms with Crippen LogP contribution in [0.3, 0.4) is 0 Å². The second-order valence-corrected chi connectivity index (χ2v) is 3.87. The predicted octanol–water partition coefficient (Wildman–Crippen LogP) is 2.52. The minimum Gasteiger partial charge on any atom is -0.309 e. The Morgan fingerprint density at radius 2 is 1.92 bits per heavy atom. The van der Waals surface area contributed by atoms with Gasteiger partial charge in [0.15, 0.2) is 0 Å². The summed E-state index contributed by atoms with van der Waals surface area (Å²) in [7, 11) is -0.922. The molecule has 3 heteroatoms. The fourth-order valence-electron chi connectivity index (χ4n) is 1.01. The van der Waals surface area contributed by atoms with Crippen LogP contribution in [0.1, 0.15) is 33.6 Å². The van der Waals surface area contributed by atoms with Crippen molar-refractivity contribution in [3.63, 3.8) is 0 Å². The molecule has 0 radical (unpaired) electrons. The molecule has 1 rings (SSSR count). The average Bonchev–Trinajstić information content (AvgIpc) is 2.12. The number of nitrogens with one attached hydrogen (secondary N) is 1. The van der Waals surface area contributed by atoms with E-state index >= 15 is 0 Å². The maximum atomic E-state index is 10.7. The number of hydrogen-bond donors (Lipinski definition) is 1. The highest BCUT2D eigenvalue weighted by atomic mass is 32.2. The van der Waals surface area contributed by atoms with Crippen LogP contribution in [0.25, 0.3) is 0 Å². The topological polar surface area (TPSA) is 29.1 Å². The van der Waals surface area contributed by atoms with E-state index < -0.39 is 11.0 Å². The summed E-state index contributed by atoms with van der Waals surface area (Å²) in [6.45, 7) is 6.11. The maximum absolute atomic E-state index is 10.7. The van der Waals surface area contributed by atoms with Gasteiger partial charge in [0.1, 0.15) is 11.0 Å². The van der Waals surface area contributed by atoms with Crippen LogP contribution < -0.4 is 4.72 Å². The fourth-order valence-corrected chi connectivity index (χ4v) is 1.55. The van der Waals surface area contributed by atoms with E-state index in [-0.39, 0.29) is 0 Å². The Bertz CT molecular complexity index is 231. The summed E-state index contributed by atoms with van der Waals surface area (Å²) in [4.78, 5) is 0. The standard InChI is InChI=1S/C8H13NOS.C2H6/c1-7-3-5-8(6-4-7)9-11(2)10;1-2/h3,5,9H,4,6H2,1-2H3;1-2H3. The minimum atomic E-state index is -0.922. The summed E-state index contributed by atoms with van der Waals surface area (Å²) in [5, 5.41) is 0. The molecular weight excluding hydrogens is 182 g/mol. The van der Waals surface area contributed by atoms with Gasteiger partial charge in [-0.05, 0) is 25.8 Å². The third-order valence-corrected chi connectivity index (χ3v) is 2.18. The van der Waals surface area contributed by atoms with Crippen molar-refractivity contribution in [1.82, 2.24) is 4.72 Å². The molecule has 1 atom stereocenters. The minimum absolute atomic E-state index is 0.922. The van der Waals surface area contributed by atoms with Gasteiger partial charge in [-0.2, -0.15) is 0 Å². The van der Waals surface area contributed by atoms with Gasteiger partial charge in [0.2, 0.25) is 0 Å². The lowest BCUT2D eigenvalue weighted by molar-refractivity contribution is 0.679. The lowest BCUT2D eigenvalue weighted by Crippen LogP contribution is -2.16. The van der Waals surface area contributed by atoms with Crippen molar-refractivity contribution in [2.45, 2.75) is 33.6 Å². The monoisotopic (exact) mass is 201 g/mol. The van der Waals surface area contributed by atoms with Gasteiger partial charge in [0.05, 0.1) is 0 Å². The van der Waals surface area contributed by atoms with Crippen molar-refractivity contribution < 1.29 is 4.21 Å². The molecule has 0 spiro atoms. The van der Waals surface area contributed by atoms with E-state index in [0.717, 1.165) is 18.5 Å². The van der Waals surface area contributed by atoms with Crippen LogP contribution in [0.5, 0.6) is 0 Å². The average molecular weight is 201 g/mol. The molecule has 13 heavy (non-hydrogen) atoms. The number of rotatable bonds is 2. The molecule has 0 aromatic heterocycles. The van der Waals surface area contributed by atoms with E-state index in [9.17, 15) is 4.21 Å². The maximum Gasteiger partial charge on any atom is 0.113 e. The molecule has 0 saturated carbocycles. The van der Waals surface area contributed by atoms with Crippen molar-refractivity contribution >= 4 is 11.0 Å². The molecule has 0 saturated heterocycles. The molecule has 0 aromatic carbocycles. The second-order valence-electron chi connectivity index (χ2n) is 2.76. The Labute approximate surface area is 83.7 Å². The Morgan fingerprint density at radius 1 is 1.31 bits per heavy atom. The van der Waals surface area contributed by atoms with E-state index in [1.165, 1.54) is 5.57 Å². The first-order valence-corrected chi connectivity index (χ1v) is 6.20. The second kappa shape index (κ2) is 6.89. The molecule has 2 nitrogen and oxygen atoms in total. The Balaban J connectivity index is 0.000000671. The van der Waals surface area contributed by atoms with Crippen molar-refractivity contribution in [1.29, 1.82) is 0 Å². The molecule has 0 fully saturated rings. The molecule has 1 N–H and O–H groups in total. The molecule has 76 valence electrons. The Morgan fingerprint density at radius 3 is 2.31 bits per heavy atom. The van der Waals surface area contributed by atoms with Crippen LogP contribution in [-0.4, -0.2) is 10.5 Å². The van der Waals surface area contributed by atoms with Gasteiger partial charge in [0, 0.05) is 12.0 Å². The van der Waals surface area contributed by atoms with E-state index in [4.69, 9.17) is 0 Å². The highest BCUT2D eigenvalue weighted by Crippen LogP contribution is 2.15. The zero-order chi connectivity index (χ0) is 10.3. The van der Waals surface area contributed by atoms with Crippen molar-refractivity contribution in [2.75, 3.05) is 6.26 Å². The van der Waals surface area contributed by atoms with Crippen LogP contribution in [-0.2, 0) is 11.0 Å². The SMILES string of the molecule is CC.CC1=CC=C(NS(C)=O)CC1. The molecule has 0 amide bonds. The van der Waals surface area contributed by atoms with Crippen molar-refractivity contribution in [2.24, 2.45) is 0 Å². The van der Waals surface area contributed by atoms with Crippen LogP contribution in [0.4, 0.5) is 0 Å². The quantitative estimate of drug-likeness (QED) is 0.731. The summed E-state index contributed by atoms with van der Waals surface area (Å²) < 4.78 is 13.6. The smallest absolute Gasteiger partial charge is 0.113 e. The Hall–Kier alpha value is -0.570. The molecule has 0 aromatic rings. The third-order valence-electron chi connectivity index (χ3n) is 1.63. The van der Waals surface area contributed by atoms with Crippen molar-refractivity contribution in [3.8, 4) is 0 Å². The van der Waals surface area contributed by atoms with Gasteiger partial charge in [-0.3, -0.25) is 0 Å². The highest BCUT2D eigenvalue weighted by Gasteiger charge is 2.02. The van der Waals surface area contributed by atoms with Gasteiger partial charge >= 0.3 is 0 Å². The zero-order valence-corrected chi connectivity index (χ0v) is 9.70. The molecule has 1 aliphatic carbocycles. The molecule has 0 bridgehead atoms. The lowest BCUT2D eigenvalue weighted by atomic mass is 10.1. The molecule has 1 unspecified atom stereocenters. The van der Waals surface area contributed by atoms with E-state index in [1.54, 1.807) is 6.26 Å². The van der Waals surface area contributed by atoms with Crippen LogP contribution in [0.2, 0.25) is 0 Å². The molecular formula is C10H19NOS. The van der Waals surface area contributed by atoms with Gasteiger partial charge in [-0.15, -0.1) is 0 Å². The molecule has 1 aliphatic rings. The van der Waals surface area contributed by atoms with E-state index in [0.29, 0.717) is 0 Å². The largest absolute Gasteiger partial charge is 0.309 e. The predicted molar refractivity (Wildman–Crippen MR) is 59.6 cm³/mol. The van der Waals surface area contributed by atoms with E-state index in [1.807, 2.05) is 19.9 Å². The van der Waals surface area contributed by atoms with Gasteiger partial charge in [0.25, 0.3) is 0 Å². The summed E-state index contributed by atoms with van der Waals surface area (Å²) in [6, 6.07) is 0. The Kier molecular flexibility index (Phi) is 6.59. The third kappa shape index (κ3) is 5.64. The summed E-state index contributed by atoms with van der Waals surface area (Å²) in [6.07, 6.45) is 7.78. The number of hydrogen-bond acceptors (Lipinski definition) is 1. The first-order chi connectivity index (χ1) is 6.18. The first kappa shape index (κ1) is 12.4.